The first-order chi connectivity index (χ1) is 14.4. The molecule has 0 saturated carbocycles. The number of urea groups is 1. The number of benzene rings is 1. The predicted octanol–water partition coefficient (Wildman–Crippen LogP) is 1.37. The lowest BCUT2D eigenvalue weighted by atomic mass is 9.93. The Morgan fingerprint density at radius 1 is 1.13 bits per heavy atom. The number of rotatable bonds is 8. The summed E-state index contributed by atoms with van der Waals surface area (Å²) in [5.74, 6) is -0.695. The van der Waals surface area contributed by atoms with Crippen LogP contribution in [0.3, 0.4) is 0 Å². The van der Waals surface area contributed by atoms with Gasteiger partial charge < -0.3 is 15.7 Å². The summed E-state index contributed by atoms with van der Waals surface area (Å²) >= 11 is 0. The minimum Gasteiger partial charge on any atom is -0.393 e. The van der Waals surface area contributed by atoms with Crippen LogP contribution in [0, 0.1) is 0 Å². The molecule has 2 aliphatic heterocycles. The van der Waals surface area contributed by atoms with Gasteiger partial charge in [-0.1, -0.05) is 38.1 Å². The number of aliphatic hydroxyl groups excluding tert-OH is 1. The second kappa shape index (κ2) is 9.57. The van der Waals surface area contributed by atoms with Crippen molar-refractivity contribution in [2.24, 2.45) is 0 Å². The van der Waals surface area contributed by atoms with Crippen LogP contribution in [0.2, 0.25) is 0 Å². The van der Waals surface area contributed by atoms with Gasteiger partial charge in [0, 0.05) is 26.2 Å². The molecule has 3 rings (SSSR count). The van der Waals surface area contributed by atoms with Gasteiger partial charge in [0.1, 0.15) is 12.1 Å². The van der Waals surface area contributed by atoms with Crippen molar-refractivity contribution in [3.63, 3.8) is 0 Å². The maximum atomic E-state index is 12.6. The van der Waals surface area contributed by atoms with Gasteiger partial charge in [-0.2, -0.15) is 0 Å². The van der Waals surface area contributed by atoms with Gasteiger partial charge in [0.2, 0.25) is 5.91 Å². The SMILES string of the molecule is CCC1(CC)NC(=O)N(CC(=O)NCc2ccc(CN3CCC(O)CC3)cc2)C1=O. The Kier molecular flexibility index (Phi) is 7.10. The van der Waals surface area contributed by atoms with Gasteiger partial charge in [-0.25, -0.2) is 4.79 Å². The Hall–Kier alpha value is -2.45. The fourth-order valence-electron chi connectivity index (χ4n) is 4.05. The molecule has 0 bridgehead atoms. The predicted molar refractivity (Wildman–Crippen MR) is 112 cm³/mol. The summed E-state index contributed by atoms with van der Waals surface area (Å²) in [5, 5.41) is 15.1. The number of amides is 4. The Balaban J connectivity index is 1.47. The highest BCUT2D eigenvalue weighted by atomic mass is 16.3. The van der Waals surface area contributed by atoms with Crippen molar-refractivity contribution in [1.29, 1.82) is 0 Å². The Labute approximate surface area is 177 Å². The molecule has 2 heterocycles. The summed E-state index contributed by atoms with van der Waals surface area (Å²) in [6.07, 6.45) is 2.46. The van der Waals surface area contributed by atoms with E-state index in [0.29, 0.717) is 19.4 Å². The number of carbonyl (C=O) groups excluding carboxylic acids is 3. The maximum absolute atomic E-state index is 12.6. The number of hydrogen-bond donors (Lipinski definition) is 3. The van der Waals surface area contributed by atoms with E-state index >= 15 is 0 Å². The van der Waals surface area contributed by atoms with Crippen LogP contribution in [-0.4, -0.2) is 64.0 Å². The third-order valence-corrected chi connectivity index (χ3v) is 6.23. The fourth-order valence-corrected chi connectivity index (χ4v) is 4.05. The lowest BCUT2D eigenvalue weighted by Crippen LogP contribution is -2.46. The van der Waals surface area contributed by atoms with Gasteiger partial charge in [-0.15, -0.1) is 0 Å². The molecule has 4 amide bonds. The Morgan fingerprint density at radius 3 is 2.30 bits per heavy atom. The molecule has 164 valence electrons. The molecule has 2 saturated heterocycles. The van der Waals surface area contributed by atoms with Crippen molar-refractivity contribution >= 4 is 17.8 Å². The van der Waals surface area contributed by atoms with E-state index in [2.05, 4.69) is 15.5 Å². The van der Waals surface area contributed by atoms with Crippen LogP contribution in [0.1, 0.15) is 50.7 Å². The summed E-state index contributed by atoms with van der Waals surface area (Å²) in [6.45, 7) is 6.42. The molecule has 0 atom stereocenters. The molecule has 8 heteroatoms. The van der Waals surface area contributed by atoms with Crippen molar-refractivity contribution in [3.05, 3.63) is 35.4 Å². The van der Waals surface area contributed by atoms with Gasteiger partial charge in [0.05, 0.1) is 6.10 Å². The molecule has 0 aromatic heterocycles. The average Bonchev–Trinajstić information content (AvgIpc) is 2.99. The van der Waals surface area contributed by atoms with Crippen molar-refractivity contribution in [3.8, 4) is 0 Å². The number of imide groups is 1. The highest BCUT2D eigenvalue weighted by Gasteiger charge is 2.49. The van der Waals surface area contributed by atoms with E-state index in [9.17, 15) is 19.5 Å². The van der Waals surface area contributed by atoms with Crippen LogP contribution < -0.4 is 10.6 Å². The topological polar surface area (TPSA) is 102 Å². The van der Waals surface area contributed by atoms with Crippen LogP contribution in [-0.2, 0) is 22.7 Å². The van der Waals surface area contributed by atoms with E-state index in [4.69, 9.17) is 0 Å². The van der Waals surface area contributed by atoms with E-state index in [-0.39, 0.29) is 24.5 Å². The monoisotopic (exact) mass is 416 g/mol. The van der Waals surface area contributed by atoms with E-state index in [1.807, 2.05) is 38.1 Å². The fraction of sp³-hybridized carbons (Fsp3) is 0.591. The summed E-state index contributed by atoms with van der Waals surface area (Å²) in [5.41, 5.74) is 1.26. The van der Waals surface area contributed by atoms with Crippen molar-refractivity contribution in [1.82, 2.24) is 20.4 Å². The first kappa shape index (κ1) is 22.2. The quantitative estimate of drug-likeness (QED) is 0.556. The minimum atomic E-state index is -0.889. The molecule has 30 heavy (non-hydrogen) atoms. The van der Waals surface area contributed by atoms with Crippen LogP contribution in [0.5, 0.6) is 0 Å². The molecule has 0 spiro atoms. The first-order valence-corrected chi connectivity index (χ1v) is 10.8. The summed E-state index contributed by atoms with van der Waals surface area (Å²) in [4.78, 5) is 40.3. The minimum absolute atomic E-state index is 0.172. The number of nitrogens with one attached hydrogen (secondary N) is 2. The van der Waals surface area contributed by atoms with Crippen LogP contribution in [0.4, 0.5) is 4.79 Å². The van der Waals surface area contributed by atoms with Gasteiger partial charge >= 0.3 is 6.03 Å². The molecule has 3 N–H and O–H groups in total. The van der Waals surface area contributed by atoms with Crippen LogP contribution >= 0.6 is 0 Å². The molecule has 1 aromatic rings. The smallest absolute Gasteiger partial charge is 0.325 e. The molecule has 2 aliphatic rings. The highest BCUT2D eigenvalue weighted by molar-refractivity contribution is 6.08. The zero-order valence-corrected chi connectivity index (χ0v) is 17.8. The first-order valence-electron chi connectivity index (χ1n) is 10.8. The van der Waals surface area contributed by atoms with E-state index in [1.165, 1.54) is 5.56 Å². The van der Waals surface area contributed by atoms with Gasteiger partial charge in [0.15, 0.2) is 0 Å². The van der Waals surface area contributed by atoms with E-state index in [1.54, 1.807) is 0 Å². The highest BCUT2D eigenvalue weighted by Crippen LogP contribution is 2.24. The molecule has 1 aromatic carbocycles. The van der Waals surface area contributed by atoms with Crippen molar-refractivity contribution in [2.45, 2.75) is 64.3 Å². The molecule has 8 nitrogen and oxygen atoms in total. The zero-order valence-electron chi connectivity index (χ0n) is 17.8. The second-order valence-electron chi connectivity index (χ2n) is 8.21. The lowest BCUT2D eigenvalue weighted by Gasteiger charge is -2.29. The zero-order chi connectivity index (χ0) is 21.7. The molecule has 2 fully saturated rings. The number of nitrogens with zero attached hydrogens (tertiary/aromatic N) is 2. The molecule has 0 aliphatic carbocycles. The summed E-state index contributed by atoms with van der Waals surface area (Å²) in [6, 6.07) is 7.53. The lowest BCUT2D eigenvalue weighted by molar-refractivity contribution is -0.135. The summed E-state index contributed by atoms with van der Waals surface area (Å²) < 4.78 is 0. The Bertz CT molecular complexity index is 768. The van der Waals surface area contributed by atoms with Crippen LogP contribution in [0.15, 0.2) is 24.3 Å². The molecule has 0 radical (unpaired) electrons. The van der Waals surface area contributed by atoms with Crippen LogP contribution in [0.25, 0.3) is 0 Å². The third-order valence-electron chi connectivity index (χ3n) is 6.23. The summed E-state index contributed by atoms with van der Waals surface area (Å²) in [7, 11) is 0. The molecule has 0 unspecified atom stereocenters. The number of piperidine rings is 1. The largest absolute Gasteiger partial charge is 0.393 e. The van der Waals surface area contributed by atoms with E-state index < -0.39 is 11.6 Å². The second-order valence-corrected chi connectivity index (χ2v) is 8.21. The normalized spacial score (nSPS) is 19.8. The number of aliphatic hydroxyl groups is 1. The number of carbonyl (C=O) groups is 3. The van der Waals surface area contributed by atoms with Crippen molar-refractivity contribution < 1.29 is 19.5 Å². The standard InChI is InChI=1S/C22H32N4O4/c1-3-22(4-2)20(29)26(21(30)24-22)15-19(28)23-13-16-5-7-17(8-6-16)14-25-11-9-18(27)10-12-25/h5-8,18,27H,3-4,9-15H2,1-2H3,(H,23,28)(H,24,30). The van der Waals surface area contributed by atoms with E-state index in [0.717, 1.165) is 42.9 Å². The van der Waals surface area contributed by atoms with Crippen molar-refractivity contribution in [2.75, 3.05) is 19.6 Å². The third kappa shape index (κ3) is 4.99. The Morgan fingerprint density at radius 2 is 1.73 bits per heavy atom. The maximum Gasteiger partial charge on any atom is 0.325 e. The number of hydrogen-bond acceptors (Lipinski definition) is 5. The van der Waals surface area contributed by atoms with Gasteiger partial charge in [0.25, 0.3) is 5.91 Å². The molecular formula is C22H32N4O4. The molecular weight excluding hydrogens is 384 g/mol. The average molecular weight is 417 g/mol. The van der Waals surface area contributed by atoms with Gasteiger partial charge in [-0.3, -0.25) is 19.4 Å². The number of likely N-dealkylation sites (tertiary alicyclic amines) is 1. The van der Waals surface area contributed by atoms with Gasteiger partial charge in [-0.05, 0) is 36.8 Å².